The molecular weight excluding hydrogens is 458 g/mol. The smallest absolute Gasteiger partial charge is 0.294 e. The normalized spacial score (nSPS) is 13.9. The molecular formula is C22H19ClF2N4O4. The number of hydrogen-bond donors (Lipinski definition) is 0. The van der Waals surface area contributed by atoms with Crippen molar-refractivity contribution in [2.75, 3.05) is 31.1 Å². The van der Waals surface area contributed by atoms with Crippen LogP contribution in [-0.4, -0.2) is 46.9 Å². The minimum Gasteiger partial charge on any atom is -0.441 e. The van der Waals surface area contributed by atoms with Crippen molar-refractivity contribution >= 4 is 28.9 Å². The van der Waals surface area contributed by atoms with E-state index in [9.17, 15) is 23.7 Å². The Kier molecular flexibility index (Phi) is 6.55. The summed E-state index contributed by atoms with van der Waals surface area (Å²) in [4.78, 5) is 31.1. The Morgan fingerprint density at radius 2 is 1.91 bits per heavy atom. The van der Waals surface area contributed by atoms with Gasteiger partial charge in [0.15, 0.2) is 11.7 Å². The topological polar surface area (TPSA) is 92.7 Å². The molecule has 1 saturated heterocycles. The SMILES string of the molecule is O=C(CCc1ncc(-c2ccc(F)cc2F)o1)N1CCN(c2ccc(Cl)cc2[N+](=O)[O-])CC1. The average Bonchev–Trinajstić information content (AvgIpc) is 3.26. The molecule has 1 aromatic heterocycles. The number of oxazole rings is 1. The highest BCUT2D eigenvalue weighted by Crippen LogP contribution is 2.31. The second-order valence-corrected chi connectivity index (χ2v) is 7.94. The number of nitro groups is 1. The lowest BCUT2D eigenvalue weighted by atomic mass is 10.2. The van der Waals surface area contributed by atoms with E-state index in [4.69, 9.17) is 16.0 Å². The molecule has 0 radical (unpaired) electrons. The predicted octanol–water partition coefficient (Wildman–Crippen LogP) is 4.46. The molecule has 0 atom stereocenters. The van der Waals surface area contributed by atoms with Crippen LogP contribution in [0.3, 0.4) is 0 Å². The van der Waals surface area contributed by atoms with E-state index in [1.165, 1.54) is 18.3 Å². The number of nitro benzene ring substituents is 1. The molecule has 3 aromatic rings. The fourth-order valence-corrected chi connectivity index (χ4v) is 3.88. The average molecular weight is 477 g/mol. The van der Waals surface area contributed by atoms with Crippen LogP contribution in [0.25, 0.3) is 11.3 Å². The van der Waals surface area contributed by atoms with Crippen LogP contribution in [-0.2, 0) is 11.2 Å². The first-order valence-corrected chi connectivity index (χ1v) is 10.6. The molecule has 0 bridgehead atoms. The number of hydrogen-bond acceptors (Lipinski definition) is 6. The Balaban J connectivity index is 1.32. The highest BCUT2D eigenvalue weighted by atomic mass is 35.5. The van der Waals surface area contributed by atoms with E-state index in [0.29, 0.717) is 31.9 Å². The molecule has 1 fully saturated rings. The summed E-state index contributed by atoms with van der Waals surface area (Å²) >= 11 is 5.88. The predicted molar refractivity (Wildman–Crippen MR) is 117 cm³/mol. The summed E-state index contributed by atoms with van der Waals surface area (Å²) < 4.78 is 32.5. The molecule has 1 aliphatic rings. The van der Waals surface area contributed by atoms with Crippen LogP contribution in [0.4, 0.5) is 20.2 Å². The Bertz CT molecular complexity index is 1190. The highest BCUT2D eigenvalue weighted by Gasteiger charge is 2.26. The van der Waals surface area contributed by atoms with Gasteiger partial charge in [0.05, 0.1) is 16.7 Å². The van der Waals surface area contributed by atoms with Crippen LogP contribution in [0.15, 0.2) is 47.0 Å². The molecule has 172 valence electrons. The van der Waals surface area contributed by atoms with E-state index in [0.717, 1.165) is 12.1 Å². The number of carbonyl (C=O) groups is 1. The summed E-state index contributed by atoms with van der Waals surface area (Å²) in [5, 5.41) is 11.6. The van der Waals surface area contributed by atoms with E-state index in [1.807, 2.05) is 4.90 Å². The van der Waals surface area contributed by atoms with Gasteiger partial charge in [0.2, 0.25) is 5.91 Å². The highest BCUT2D eigenvalue weighted by molar-refractivity contribution is 6.30. The molecule has 2 heterocycles. The van der Waals surface area contributed by atoms with Crippen molar-refractivity contribution in [1.82, 2.24) is 9.88 Å². The van der Waals surface area contributed by atoms with Crippen LogP contribution in [0.1, 0.15) is 12.3 Å². The zero-order chi connectivity index (χ0) is 23.5. The van der Waals surface area contributed by atoms with Crippen molar-refractivity contribution in [2.24, 2.45) is 0 Å². The van der Waals surface area contributed by atoms with Gasteiger partial charge >= 0.3 is 0 Å². The summed E-state index contributed by atoms with van der Waals surface area (Å²) in [5.74, 6) is -1.11. The van der Waals surface area contributed by atoms with Gasteiger partial charge in [-0.1, -0.05) is 11.6 Å². The van der Waals surface area contributed by atoms with Crippen molar-refractivity contribution in [3.8, 4) is 11.3 Å². The molecule has 4 rings (SSSR count). The Labute approximate surface area is 192 Å². The number of amides is 1. The monoisotopic (exact) mass is 476 g/mol. The molecule has 2 aromatic carbocycles. The quantitative estimate of drug-likeness (QED) is 0.385. The maximum absolute atomic E-state index is 13.9. The first-order chi connectivity index (χ1) is 15.8. The standard InChI is InChI=1S/C22H19ClF2N4O4/c23-14-1-4-18(19(11-14)29(31)32)27-7-9-28(10-8-27)22(30)6-5-21-26-13-20(33-21)16-3-2-15(24)12-17(16)25/h1-4,11-13H,5-10H2. The van der Waals surface area contributed by atoms with Crippen LogP contribution in [0, 0.1) is 21.7 Å². The third kappa shape index (κ3) is 5.11. The lowest BCUT2D eigenvalue weighted by molar-refractivity contribution is -0.384. The number of nitrogens with zero attached hydrogens (tertiary/aromatic N) is 4. The number of halogens is 3. The van der Waals surface area contributed by atoms with E-state index in [-0.39, 0.29) is 46.7 Å². The van der Waals surface area contributed by atoms with E-state index in [2.05, 4.69) is 4.98 Å². The molecule has 33 heavy (non-hydrogen) atoms. The second kappa shape index (κ2) is 9.53. The van der Waals surface area contributed by atoms with Gasteiger partial charge in [-0.3, -0.25) is 14.9 Å². The molecule has 1 amide bonds. The minimum atomic E-state index is -0.757. The van der Waals surface area contributed by atoms with Gasteiger partial charge in [0.1, 0.15) is 17.3 Å². The van der Waals surface area contributed by atoms with E-state index < -0.39 is 16.6 Å². The van der Waals surface area contributed by atoms with Crippen molar-refractivity contribution in [3.63, 3.8) is 0 Å². The van der Waals surface area contributed by atoms with Crippen LogP contribution in [0.2, 0.25) is 5.02 Å². The molecule has 0 unspecified atom stereocenters. The van der Waals surface area contributed by atoms with Gasteiger partial charge < -0.3 is 14.2 Å². The van der Waals surface area contributed by atoms with Crippen molar-refractivity contribution in [2.45, 2.75) is 12.8 Å². The van der Waals surface area contributed by atoms with Crippen LogP contribution < -0.4 is 4.90 Å². The third-order valence-electron chi connectivity index (χ3n) is 5.41. The van der Waals surface area contributed by atoms with Gasteiger partial charge in [0.25, 0.3) is 5.69 Å². The van der Waals surface area contributed by atoms with Crippen molar-refractivity contribution in [1.29, 1.82) is 0 Å². The summed E-state index contributed by atoms with van der Waals surface area (Å²) in [6, 6.07) is 7.69. The number of carbonyl (C=O) groups excluding carboxylic acids is 1. The maximum Gasteiger partial charge on any atom is 0.294 e. The first-order valence-electron chi connectivity index (χ1n) is 10.2. The van der Waals surface area contributed by atoms with Crippen molar-refractivity contribution in [3.05, 3.63) is 75.3 Å². The Hall–Kier alpha value is -3.53. The zero-order valence-corrected chi connectivity index (χ0v) is 18.1. The van der Waals surface area contributed by atoms with Crippen LogP contribution in [0.5, 0.6) is 0 Å². The number of aryl methyl sites for hydroxylation is 1. The fourth-order valence-electron chi connectivity index (χ4n) is 3.72. The number of rotatable bonds is 6. The fraction of sp³-hybridized carbons (Fsp3) is 0.273. The van der Waals surface area contributed by atoms with Gasteiger partial charge in [0, 0.05) is 56.2 Å². The molecule has 0 N–H and O–H groups in total. The van der Waals surface area contributed by atoms with E-state index >= 15 is 0 Å². The van der Waals surface area contributed by atoms with Gasteiger partial charge in [-0.25, -0.2) is 13.8 Å². The number of benzene rings is 2. The Morgan fingerprint density at radius 3 is 2.61 bits per heavy atom. The Morgan fingerprint density at radius 1 is 1.15 bits per heavy atom. The second-order valence-electron chi connectivity index (χ2n) is 7.50. The lowest BCUT2D eigenvalue weighted by Crippen LogP contribution is -2.49. The lowest BCUT2D eigenvalue weighted by Gasteiger charge is -2.35. The summed E-state index contributed by atoms with van der Waals surface area (Å²) in [5.41, 5.74) is 0.491. The molecule has 1 aliphatic heterocycles. The van der Waals surface area contributed by atoms with E-state index in [1.54, 1.807) is 17.0 Å². The summed E-state index contributed by atoms with van der Waals surface area (Å²) in [7, 11) is 0. The number of aromatic nitrogens is 1. The summed E-state index contributed by atoms with van der Waals surface area (Å²) in [6.07, 6.45) is 1.71. The molecule has 0 aliphatic carbocycles. The first kappa shape index (κ1) is 22.7. The summed E-state index contributed by atoms with van der Waals surface area (Å²) in [6.45, 7) is 1.72. The minimum absolute atomic E-state index is 0.0698. The third-order valence-corrected chi connectivity index (χ3v) is 5.65. The van der Waals surface area contributed by atoms with Gasteiger partial charge in [-0.2, -0.15) is 0 Å². The van der Waals surface area contributed by atoms with Gasteiger partial charge in [-0.15, -0.1) is 0 Å². The molecule has 8 nitrogen and oxygen atoms in total. The number of anilines is 1. The molecule has 11 heteroatoms. The van der Waals surface area contributed by atoms with Gasteiger partial charge in [-0.05, 0) is 24.3 Å². The maximum atomic E-state index is 13.9. The number of piperazine rings is 1. The van der Waals surface area contributed by atoms with Crippen molar-refractivity contribution < 1.29 is 22.9 Å². The largest absolute Gasteiger partial charge is 0.441 e. The molecule has 0 saturated carbocycles. The molecule has 0 spiro atoms. The van der Waals surface area contributed by atoms with Crippen LogP contribution >= 0.6 is 11.6 Å². The zero-order valence-electron chi connectivity index (χ0n) is 17.3.